The van der Waals surface area contributed by atoms with Crippen molar-refractivity contribution in [2.45, 2.75) is 57.2 Å². The highest BCUT2D eigenvalue weighted by atomic mass is 32.2. The molecule has 3 aliphatic heterocycles. The zero-order chi connectivity index (χ0) is 21.4. The van der Waals surface area contributed by atoms with Crippen molar-refractivity contribution in [2.75, 3.05) is 13.7 Å². The van der Waals surface area contributed by atoms with Gasteiger partial charge in [0.15, 0.2) is 0 Å². The van der Waals surface area contributed by atoms with Crippen LogP contribution in [0, 0.1) is 17.8 Å². The van der Waals surface area contributed by atoms with Crippen molar-refractivity contribution >= 4 is 23.1 Å². The van der Waals surface area contributed by atoms with Crippen molar-refractivity contribution in [3.63, 3.8) is 0 Å². The van der Waals surface area contributed by atoms with Gasteiger partial charge in [-0.2, -0.15) is 0 Å². The first-order chi connectivity index (χ1) is 15.1. The number of hydrogen-bond donors (Lipinski definition) is 0. The van der Waals surface area contributed by atoms with Gasteiger partial charge in [-0.3, -0.25) is 9.08 Å². The van der Waals surface area contributed by atoms with Crippen molar-refractivity contribution in [1.29, 1.82) is 0 Å². The van der Waals surface area contributed by atoms with Crippen LogP contribution in [0.4, 0.5) is 0 Å². The molecule has 2 aromatic rings. The van der Waals surface area contributed by atoms with E-state index in [1.54, 1.807) is 7.11 Å². The summed E-state index contributed by atoms with van der Waals surface area (Å²) in [4.78, 5) is 2.65. The molecule has 162 valence electrons. The average Bonchev–Trinajstić information content (AvgIpc) is 2.90. The summed E-state index contributed by atoms with van der Waals surface area (Å²) in [5, 5.41) is 2.33. The first-order valence-corrected chi connectivity index (χ1v) is 11.8. The Labute approximate surface area is 189 Å². The molecular formula is C26H29NO3S. The Hall–Kier alpha value is -2.13. The molecule has 0 saturated carbocycles. The first-order valence-electron chi connectivity index (χ1n) is 11.2. The highest BCUT2D eigenvalue weighted by molar-refractivity contribution is 7.90. The van der Waals surface area contributed by atoms with E-state index < -0.39 is 0 Å². The summed E-state index contributed by atoms with van der Waals surface area (Å²) in [7, 11) is 1.70. The SMILES string of the molecule is COc1ccc2cc(C#CC3C[C@H](C)N4CCCCC4[C@@]4(C)OSOC=C34)ccc2c1. The van der Waals surface area contributed by atoms with Crippen LogP contribution in [0.5, 0.6) is 5.75 Å². The van der Waals surface area contributed by atoms with Gasteiger partial charge in [0.1, 0.15) is 17.6 Å². The van der Waals surface area contributed by atoms with Crippen LogP contribution in [0.1, 0.15) is 45.1 Å². The first kappa shape index (κ1) is 20.8. The summed E-state index contributed by atoms with van der Waals surface area (Å²) < 4.78 is 17.1. The second-order valence-corrected chi connectivity index (χ2v) is 9.51. The number of rotatable bonds is 1. The van der Waals surface area contributed by atoms with E-state index in [0.717, 1.165) is 48.4 Å². The van der Waals surface area contributed by atoms with E-state index in [2.05, 4.69) is 60.9 Å². The van der Waals surface area contributed by atoms with E-state index in [0.29, 0.717) is 12.1 Å². The third-order valence-corrected chi connectivity index (χ3v) is 7.72. The van der Waals surface area contributed by atoms with Gasteiger partial charge in [-0.15, -0.1) is 0 Å². The predicted octanol–water partition coefficient (Wildman–Crippen LogP) is 5.72. The summed E-state index contributed by atoms with van der Waals surface area (Å²) in [6.45, 7) is 5.71. The van der Waals surface area contributed by atoms with E-state index >= 15 is 0 Å². The molecule has 4 atom stereocenters. The molecule has 4 nitrogen and oxygen atoms in total. The fourth-order valence-electron chi connectivity index (χ4n) is 5.42. The molecule has 2 aromatic carbocycles. The summed E-state index contributed by atoms with van der Waals surface area (Å²) in [5.74, 6) is 8.03. The number of methoxy groups -OCH3 is 1. The summed E-state index contributed by atoms with van der Waals surface area (Å²) in [6.07, 6.45) is 6.58. The van der Waals surface area contributed by atoms with Crippen molar-refractivity contribution in [3.05, 3.63) is 53.8 Å². The lowest BCUT2D eigenvalue weighted by molar-refractivity contribution is -0.0120. The van der Waals surface area contributed by atoms with E-state index in [-0.39, 0.29) is 11.5 Å². The molecule has 31 heavy (non-hydrogen) atoms. The molecule has 0 bridgehead atoms. The van der Waals surface area contributed by atoms with Gasteiger partial charge in [-0.1, -0.05) is 30.4 Å². The number of benzene rings is 2. The Kier molecular flexibility index (Phi) is 5.64. The van der Waals surface area contributed by atoms with Gasteiger partial charge in [0, 0.05) is 29.1 Å². The van der Waals surface area contributed by atoms with Crippen LogP contribution in [-0.4, -0.2) is 36.2 Å². The third-order valence-electron chi connectivity index (χ3n) is 7.13. The largest absolute Gasteiger partial charge is 0.497 e. The standard InChI is InChI=1S/C26H29NO3S/c1-18-14-22(10-8-19-7-9-21-16-23(28-3)12-11-20(21)15-19)24-17-29-31-30-26(24,2)25-6-4-5-13-27(18)25/h7,9,11-12,15-18,22,25H,4-6,13-14H2,1-3H3/t18-,22?,25?,26-/m0/s1. The fraction of sp³-hybridized carbons (Fsp3) is 0.462. The van der Waals surface area contributed by atoms with Crippen molar-refractivity contribution < 1.29 is 13.1 Å². The molecule has 0 radical (unpaired) electrons. The minimum absolute atomic E-state index is 0.109. The van der Waals surface area contributed by atoms with Crippen LogP contribution in [-0.2, 0) is 8.37 Å². The highest BCUT2D eigenvalue weighted by Gasteiger charge is 2.51. The smallest absolute Gasteiger partial charge is 0.225 e. The molecule has 3 aliphatic rings. The number of hydrogen-bond acceptors (Lipinski definition) is 5. The fourth-order valence-corrected chi connectivity index (χ4v) is 5.95. The predicted molar refractivity (Wildman–Crippen MR) is 126 cm³/mol. The molecule has 2 fully saturated rings. The summed E-state index contributed by atoms with van der Waals surface area (Å²) in [6, 6.07) is 13.3. The maximum Gasteiger partial charge on any atom is 0.225 e. The maximum atomic E-state index is 6.23. The summed E-state index contributed by atoms with van der Waals surface area (Å²) in [5.41, 5.74) is 1.85. The van der Waals surface area contributed by atoms with Gasteiger partial charge in [0.25, 0.3) is 0 Å². The second kappa shape index (κ2) is 8.43. The van der Waals surface area contributed by atoms with Crippen LogP contribution >= 0.6 is 12.3 Å². The average molecular weight is 436 g/mol. The molecule has 5 rings (SSSR count). The molecular weight excluding hydrogens is 406 g/mol. The molecule has 0 N–H and O–H groups in total. The zero-order valence-corrected chi connectivity index (χ0v) is 19.2. The van der Waals surface area contributed by atoms with Crippen LogP contribution in [0.3, 0.4) is 0 Å². The maximum absolute atomic E-state index is 6.23. The number of ether oxygens (including phenoxy) is 1. The highest BCUT2D eigenvalue weighted by Crippen LogP contribution is 2.47. The van der Waals surface area contributed by atoms with Crippen LogP contribution in [0.2, 0.25) is 0 Å². The number of fused-ring (bicyclic) bond motifs is 4. The van der Waals surface area contributed by atoms with Gasteiger partial charge in [0.2, 0.25) is 12.3 Å². The van der Waals surface area contributed by atoms with Gasteiger partial charge < -0.3 is 8.92 Å². The third kappa shape index (κ3) is 3.82. The molecule has 3 heterocycles. The van der Waals surface area contributed by atoms with Crippen LogP contribution < -0.4 is 4.74 Å². The summed E-state index contributed by atoms with van der Waals surface area (Å²) >= 11 is 1.11. The Morgan fingerprint density at radius 3 is 2.87 bits per heavy atom. The van der Waals surface area contributed by atoms with E-state index in [9.17, 15) is 0 Å². The monoisotopic (exact) mass is 435 g/mol. The van der Waals surface area contributed by atoms with Crippen LogP contribution in [0.25, 0.3) is 10.8 Å². The van der Waals surface area contributed by atoms with Crippen molar-refractivity contribution in [3.8, 4) is 17.6 Å². The lowest BCUT2D eigenvalue weighted by Gasteiger charge is -2.47. The Morgan fingerprint density at radius 1 is 1.16 bits per heavy atom. The molecule has 2 saturated heterocycles. The van der Waals surface area contributed by atoms with Gasteiger partial charge >= 0.3 is 0 Å². The van der Waals surface area contributed by atoms with Gasteiger partial charge in [0.05, 0.1) is 7.11 Å². The normalized spacial score (nSPS) is 30.7. The molecule has 0 spiro atoms. The number of piperidine rings is 1. The molecule has 5 heteroatoms. The van der Waals surface area contributed by atoms with Gasteiger partial charge in [-0.25, -0.2) is 0 Å². The van der Waals surface area contributed by atoms with Gasteiger partial charge in [-0.05, 0) is 74.7 Å². The molecule has 0 aromatic heterocycles. The Bertz CT molecular complexity index is 1070. The quantitative estimate of drug-likeness (QED) is 0.423. The van der Waals surface area contributed by atoms with Crippen molar-refractivity contribution in [2.24, 2.45) is 5.92 Å². The van der Waals surface area contributed by atoms with E-state index in [4.69, 9.17) is 13.1 Å². The Balaban J connectivity index is 1.49. The minimum atomic E-state index is -0.368. The number of nitrogens with zero attached hydrogens (tertiary/aromatic N) is 1. The lowest BCUT2D eigenvalue weighted by Crippen LogP contribution is -2.56. The molecule has 2 unspecified atom stereocenters. The lowest BCUT2D eigenvalue weighted by atomic mass is 9.79. The van der Waals surface area contributed by atoms with Crippen molar-refractivity contribution in [1.82, 2.24) is 4.90 Å². The Morgan fingerprint density at radius 2 is 2.00 bits per heavy atom. The molecule has 0 amide bonds. The minimum Gasteiger partial charge on any atom is -0.497 e. The van der Waals surface area contributed by atoms with E-state index in [1.165, 1.54) is 23.8 Å². The topological polar surface area (TPSA) is 30.9 Å². The molecule has 0 aliphatic carbocycles. The van der Waals surface area contributed by atoms with Crippen LogP contribution in [0.15, 0.2) is 48.2 Å². The zero-order valence-electron chi connectivity index (χ0n) is 18.4. The van der Waals surface area contributed by atoms with E-state index in [1.807, 2.05) is 12.3 Å². The second-order valence-electron chi connectivity index (χ2n) is 9.01.